The van der Waals surface area contributed by atoms with Crippen molar-refractivity contribution in [2.75, 3.05) is 6.61 Å². The van der Waals surface area contributed by atoms with Crippen molar-refractivity contribution < 1.29 is 9.53 Å². The third-order valence-corrected chi connectivity index (χ3v) is 3.14. The molecule has 3 rings (SSSR count). The van der Waals surface area contributed by atoms with Crippen molar-refractivity contribution in [3.63, 3.8) is 0 Å². The molecule has 1 heterocycles. The Hall–Kier alpha value is -2.62. The van der Waals surface area contributed by atoms with Crippen LogP contribution in [-0.4, -0.2) is 22.5 Å². The molecule has 0 bridgehead atoms. The van der Waals surface area contributed by atoms with Gasteiger partial charge in [0.05, 0.1) is 24.0 Å². The molecule has 0 spiro atoms. The van der Waals surface area contributed by atoms with Gasteiger partial charge in [-0.3, -0.25) is 0 Å². The summed E-state index contributed by atoms with van der Waals surface area (Å²) < 4.78 is 5.32. The fraction of sp³-hybridized carbons (Fsp3) is 0.125. The summed E-state index contributed by atoms with van der Waals surface area (Å²) >= 11 is 0. The lowest BCUT2D eigenvalue weighted by Crippen LogP contribution is -2.08. The van der Waals surface area contributed by atoms with E-state index in [9.17, 15) is 4.79 Å². The van der Waals surface area contributed by atoms with Gasteiger partial charge in [0.25, 0.3) is 0 Å². The van der Waals surface area contributed by atoms with Gasteiger partial charge in [0.2, 0.25) is 0 Å². The minimum Gasteiger partial charge on any atom is -0.462 e. The minimum atomic E-state index is -0.335. The van der Waals surface area contributed by atoms with Crippen LogP contribution >= 0.6 is 0 Å². The average molecular weight is 266 g/mol. The second-order valence-corrected chi connectivity index (χ2v) is 4.48. The predicted octanol–water partition coefficient (Wildman–Crippen LogP) is 2.96. The topological polar surface area (TPSA) is 55.0 Å². The molecule has 0 aliphatic rings. The van der Waals surface area contributed by atoms with Crippen LogP contribution in [0.3, 0.4) is 0 Å². The number of nitrogens with zero attached hydrogens (tertiary/aromatic N) is 1. The molecule has 0 saturated heterocycles. The van der Waals surface area contributed by atoms with E-state index >= 15 is 0 Å². The van der Waals surface area contributed by atoms with Crippen molar-refractivity contribution in [1.29, 1.82) is 0 Å². The van der Waals surface area contributed by atoms with Gasteiger partial charge in [-0.2, -0.15) is 0 Å². The van der Waals surface area contributed by atoms with Crippen LogP contribution in [0.15, 0.2) is 54.9 Å². The second kappa shape index (κ2) is 5.57. The molecule has 0 saturated carbocycles. The minimum absolute atomic E-state index is 0.335. The Balaban J connectivity index is 1.66. The van der Waals surface area contributed by atoms with Crippen LogP contribution in [-0.2, 0) is 11.2 Å². The molecule has 1 aromatic heterocycles. The van der Waals surface area contributed by atoms with Crippen molar-refractivity contribution in [2.24, 2.45) is 0 Å². The molecule has 0 amide bonds. The van der Waals surface area contributed by atoms with Gasteiger partial charge in [0.1, 0.15) is 5.52 Å². The number of ether oxygens (including phenoxy) is 1. The summed E-state index contributed by atoms with van der Waals surface area (Å²) in [6, 6.07) is 15.4. The smallest absolute Gasteiger partial charge is 0.340 e. The third kappa shape index (κ3) is 2.54. The van der Waals surface area contributed by atoms with E-state index in [0.29, 0.717) is 24.1 Å². The second-order valence-electron chi connectivity index (χ2n) is 4.48. The molecule has 2 aromatic carbocycles. The molecule has 0 radical (unpaired) electrons. The molecular weight excluding hydrogens is 252 g/mol. The zero-order valence-corrected chi connectivity index (χ0v) is 10.9. The van der Waals surface area contributed by atoms with Gasteiger partial charge in [-0.15, -0.1) is 0 Å². The van der Waals surface area contributed by atoms with Crippen molar-refractivity contribution >= 4 is 17.0 Å². The first-order chi connectivity index (χ1) is 9.84. The fourth-order valence-corrected chi connectivity index (χ4v) is 2.11. The van der Waals surface area contributed by atoms with Crippen molar-refractivity contribution in [3.05, 3.63) is 66.0 Å². The zero-order valence-electron chi connectivity index (χ0n) is 10.9. The summed E-state index contributed by atoms with van der Waals surface area (Å²) in [5.41, 5.74) is 3.13. The molecule has 0 fully saturated rings. The summed E-state index contributed by atoms with van der Waals surface area (Å²) in [5.74, 6) is -0.335. The summed E-state index contributed by atoms with van der Waals surface area (Å²) in [5, 5.41) is 0. The van der Waals surface area contributed by atoms with Crippen LogP contribution in [0.5, 0.6) is 0 Å². The highest BCUT2D eigenvalue weighted by Gasteiger charge is 2.12. The molecule has 20 heavy (non-hydrogen) atoms. The zero-order chi connectivity index (χ0) is 13.8. The Morgan fingerprint density at radius 2 is 1.95 bits per heavy atom. The molecule has 0 aliphatic carbocycles. The molecule has 0 atom stereocenters. The van der Waals surface area contributed by atoms with E-state index in [0.717, 1.165) is 11.1 Å². The van der Waals surface area contributed by atoms with Gasteiger partial charge in [-0.1, -0.05) is 36.4 Å². The molecule has 100 valence electrons. The summed E-state index contributed by atoms with van der Waals surface area (Å²) in [6.45, 7) is 0.365. The summed E-state index contributed by atoms with van der Waals surface area (Å²) in [7, 11) is 0. The molecule has 4 heteroatoms. The Morgan fingerprint density at radius 3 is 2.80 bits per heavy atom. The number of nitrogens with one attached hydrogen (secondary N) is 1. The molecule has 1 N–H and O–H groups in total. The van der Waals surface area contributed by atoms with Crippen molar-refractivity contribution in [2.45, 2.75) is 6.42 Å². The van der Waals surface area contributed by atoms with E-state index in [2.05, 4.69) is 9.97 Å². The van der Waals surface area contributed by atoms with Gasteiger partial charge in [0.15, 0.2) is 0 Å². The van der Waals surface area contributed by atoms with Gasteiger partial charge in [0, 0.05) is 6.42 Å². The lowest BCUT2D eigenvalue weighted by molar-refractivity contribution is 0.0511. The Morgan fingerprint density at radius 1 is 1.10 bits per heavy atom. The number of fused-ring (bicyclic) bond motifs is 1. The molecule has 4 nitrogen and oxygen atoms in total. The highest BCUT2D eigenvalue weighted by molar-refractivity contribution is 6.01. The van der Waals surface area contributed by atoms with E-state index in [4.69, 9.17) is 4.74 Å². The number of imidazole rings is 1. The first-order valence-electron chi connectivity index (χ1n) is 6.48. The number of aromatic amines is 1. The van der Waals surface area contributed by atoms with Crippen molar-refractivity contribution in [1.82, 2.24) is 9.97 Å². The number of rotatable bonds is 4. The quantitative estimate of drug-likeness (QED) is 0.739. The molecule has 3 aromatic rings. The lowest BCUT2D eigenvalue weighted by Gasteiger charge is -2.05. The van der Waals surface area contributed by atoms with Gasteiger partial charge in [-0.25, -0.2) is 9.78 Å². The van der Waals surface area contributed by atoms with Crippen molar-refractivity contribution in [3.8, 4) is 0 Å². The van der Waals surface area contributed by atoms with E-state index in [1.54, 1.807) is 12.4 Å². The van der Waals surface area contributed by atoms with Gasteiger partial charge >= 0.3 is 5.97 Å². The van der Waals surface area contributed by atoms with Crippen LogP contribution in [0.4, 0.5) is 0 Å². The first kappa shape index (κ1) is 12.4. The highest BCUT2D eigenvalue weighted by Crippen LogP contribution is 2.15. The first-order valence-corrected chi connectivity index (χ1v) is 6.48. The fourth-order valence-electron chi connectivity index (χ4n) is 2.11. The predicted molar refractivity (Wildman–Crippen MR) is 76.5 cm³/mol. The molecular formula is C16H14N2O2. The Kier molecular flexibility index (Phi) is 3.46. The number of carbonyl (C=O) groups excluding carboxylic acids is 1. The Labute approximate surface area is 116 Å². The summed E-state index contributed by atoms with van der Waals surface area (Å²) in [6.07, 6.45) is 2.29. The van der Waals surface area contributed by atoms with E-state index in [-0.39, 0.29) is 5.97 Å². The monoisotopic (exact) mass is 266 g/mol. The number of benzene rings is 2. The third-order valence-electron chi connectivity index (χ3n) is 3.14. The number of esters is 1. The van der Waals surface area contributed by atoms with Gasteiger partial charge in [-0.05, 0) is 17.7 Å². The number of carbonyl (C=O) groups is 1. The normalized spacial score (nSPS) is 10.6. The lowest BCUT2D eigenvalue weighted by atomic mass is 10.1. The Bertz CT molecular complexity index is 719. The SMILES string of the molecule is O=C(OCCc1ccccc1)c1cccc2[nH]cnc12. The molecule has 0 unspecified atom stereocenters. The van der Waals surface area contributed by atoms with E-state index < -0.39 is 0 Å². The van der Waals surface area contributed by atoms with Crippen LogP contribution in [0.1, 0.15) is 15.9 Å². The standard InChI is InChI=1S/C16H14N2O2/c19-16(20-10-9-12-5-2-1-3-6-12)13-7-4-8-14-15(13)18-11-17-14/h1-8,11H,9-10H2,(H,17,18). The number of hydrogen-bond donors (Lipinski definition) is 1. The van der Waals surface area contributed by atoms with Gasteiger partial charge < -0.3 is 9.72 Å². The number of hydrogen-bond acceptors (Lipinski definition) is 3. The van der Waals surface area contributed by atoms with Crippen LogP contribution in [0.2, 0.25) is 0 Å². The number of para-hydroxylation sites is 1. The van der Waals surface area contributed by atoms with Crippen LogP contribution < -0.4 is 0 Å². The van der Waals surface area contributed by atoms with Crippen LogP contribution in [0.25, 0.3) is 11.0 Å². The molecule has 0 aliphatic heterocycles. The maximum Gasteiger partial charge on any atom is 0.340 e. The summed E-state index contributed by atoms with van der Waals surface area (Å²) in [4.78, 5) is 19.2. The largest absolute Gasteiger partial charge is 0.462 e. The van der Waals surface area contributed by atoms with E-state index in [1.807, 2.05) is 42.5 Å². The van der Waals surface area contributed by atoms with Crippen LogP contribution in [0, 0.1) is 0 Å². The highest BCUT2D eigenvalue weighted by atomic mass is 16.5. The number of aromatic nitrogens is 2. The maximum atomic E-state index is 12.1. The maximum absolute atomic E-state index is 12.1. The van der Waals surface area contributed by atoms with E-state index in [1.165, 1.54) is 0 Å². The number of H-pyrrole nitrogens is 1. The average Bonchev–Trinajstić information content (AvgIpc) is 2.96.